The average Bonchev–Trinajstić information content (AvgIpc) is 0.774. The summed E-state index contributed by atoms with van der Waals surface area (Å²) < 4.78 is 125. The van der Waals surface area contributed by atoms with Gasteiger partial charge in [0.1, 0.15) is 30.3 Å². The fourth-order valence-corrected chi connectivity index (χ4v) is 15.4. The number of hydrogen-bond acceptors (Lipinski definition) is 16. The van der Waals surface area contributed by atoms with Gasteiger partial charge in [-0.2, -0.15) is 38.8 Å². The number of fused-ring (bicyclic) bond motifs is 2. The van der Waals surface area contributed by atoms with E-state index in [1.54, 1.807) is 30.3 Å². The van der Waals surface area contributed by atoms with Crippen LogP contribution in [0.3, 0.4) is 0 Å². The number of azo groups is 1. The van der Waals surface area contributed by atoms with Gasteiger partial charge in [0.05, 0.1) is 16.8 Å². The predicted octanol–water partition coefficient (Wildman–Crippen LogP) is 25.2. The minimum atomic E-state index is -4.47. The van der Waals surface area contributed by atoms with E-state index in [9.17, 15) is 33.7 Å². The van der Waals surface area contributed by atoms with Crippen molar-refractivity contribution in [2.75, 3.05) is 71.3 Å². The van der Waals surface area contributed by atoms with Crippen LogP contribution in [0.25, 0.3) is 26.5 Å². The van der Waals surface area contributed by atoms with Gasteiger partial charge in [0, 0.05) is 105 Å². The van der Waals surface area contributed by atoms with E-state index in [2.05, 4.69) is 181 Å². The van der Waals surface area contributed by atoms with Crippen LogP contribution in [0.15, 0.2) is 224 Å². The molecule has 0 radical (unpaired) electrons. The first-order valence-corrected chi connectivity index (χ1v) is 47.2. The molecule has 0 bridgehead atoms. The van der Waals surface area contributed by atoms with Gasteiger partial charge in [0.25, 0.3) is 40.5 Å². The smallest absolute Gasteiger partial charge is 1.00 e. The van der Waals surface area contributed by atoms with Crippen molar-refractivity contribution < 1.29 is 105 Å². The number of alkyl halides is 1. The zero-order chi connectivity index (χ0) is 89.5. The second-order valence-corrected chi connectivity index (χ2v) is 36.3. The Balaban J connectivity index is -0.000000266. The molecule has 0 saturated heterocycles. The Morgan fingerprint density at radius 1 is 0.367 bits per heavy atom. The van der Waals surface area contributed by atoms with E-state index in [1.807, 2.05) is 37.3 Å². The Labute approximate surface area is 835 Å². The van der Waals surface area contributed by atoms with Crippen LogP contribution >= 0.6 is 58.0 Å². The summed E-state index contributed by atoms with van der Waals surface area (Å²) in [5.74, 6) is 2.82. The summed E-state index contributed by atoms with van der Waals surface area (Å²) in [7, 11) is -17.9. The number of diazo groups is 1. The van der Waals surface area contributed by atoms with Gasteiger partial charge in [0.15, 0.2) is 4.98 Å². The van der Waals surface area contributed by atoms with Gasteiger partial charge >= 0.3 is 35.2 Å². The quantitative estimate of drug-likeness (QED) is 0.00558. The number of nitrogens with zero attached hydrogens (tertiary/aromatic N) is 7. The fraction of sp³-hybridized carbons (Fsp3) is 0.417. The summed E-state index contributed by atoms with van der Waals surface area (Å²) in [5, 5.41) is 19.2. The molecular weight excluding hydrogens is 1930 g/mol. The first-order chi connectivity index (χ1) is 56.0. The van der Waals surface area contributed by atoms with E-state index >= 15 is 0 Å². The van der Waals surface area contributed by atoms with Crippen molar-refractivity contribution in [3.63, 3.8) is 0 Å². The Morgan fingerprint density at radius 2 is 0.672 bits per heavy atom. The van der Waals surface area contributed by atoms with Crippen LogP contribution in [0.2, 0.25) is 20.1 Å². The predicted molar refractivity (Wildman–Crippen MR) is 546 cm³/mol. The van der Waals surface area contributed by atoms with Gasteiger partial charge in [-0.05, 0) is 206 Å². The number of hydrogen-bond donors (Lipinski definition) is 6. The minimum Gasteiger partial charge on any atom is -1.00 e. The number of nitrogens with two attached hydrogens (primary N) is 2. The zero-order valence-corrected chi connectivity index (χ0v) is 83.1. The van der Waals surface area contributed by atoms with Crippen LogP contribution in [0.5, 0.6) is 0 Å². The second-order valence-electron chi connectivity index (χ2n) is 28.7. The van der Waals surface area contributed by atoms with Crippen LogP contribution < -0.4 is 79.7 Å². The summed E-state index contributed by atoms with van der Waals surface area (Å²) in [6.07, 6.45) is 8.14. The standard InChI is InChI=1S/C21H27Cl2N3.C15H26N2.C15H25N.2C10H8O6S2.C9H13N.C6H3Cl2N2.C3H7Cl.7CH4.HI.Na/c1-5-11-26(12-6-2)17-8-10-20(18(14-17)15(3)4)24-25-21-13-16(22)7-9-19(21)23;1-5-9-17(10-6-2)13-7-8-15(16)14(11-13)12(3)4;1-5-10-16(11-6-2)15-9-7-8-14(12-15)13(3)4;2*11-17(12,13)9-5-1-3-7-8(9)4-2-6-10(7)18(14,15)16;1-7(2)8-4-3-5-9(10)6-8;7-4-1-2-5(8)6(3-4)10-9;1-2-3-4;;;;;;;;;/h7-10,13-15H,5-6,11-12H2,1-4H3;7-8,11-12H,5-6,9-10,16H2,1-4H3;7-9,12-13H,5-6,10-11H2,1-4H3;2*1-6H,(H,11,12,13)(H,14,15,16);3-7H,10H2,1-2H3;1-3H;2-3H2,1H3;7*1H4;1H;/q;;;;;;+1;;;;;;;;;;+1/p-1. The number of benzene rings is 10. The molecule has 0 fully saturated rings. The zero-order valence-electron chi connectivity index (χ0n) is 71.9. The molecular formula is C96H145Cl5IN9NaO12S4+. The molecule has 32 heteroatoms. The summed E-state index contributed by atoms with van der Waals surface area (Å²) in [4.78, 5) is 8.64. The van der Waals surface area contributed by atoms with E-state index < -0.39 is 60.1 Å². The van der Waals surface area contributed by atoms with E-state index in [-0.39, 0.29) is 133 Å². The van der Waals surface area contributed by atoms with Crippen LogP contribution in [0, 0.1) is 5.39 Å². The molecule has 0 atom stereocenters. The molecule has 0 amide bonds. The Kier molecular flexibility index (Phi) is 71.2. The Bertz CT molecular complexity index is 5120. The largest absolute Gasteiger partial charge is 1.00 e. The van der Waals surface area contributed by atoms with E-state index in [0.717, 1.165) is 106 Å². The van der Waals surface area contributed by atoms with Gasteiger partial charge in [0.2, 0.25) is 5.39 Å². The van der Waals surface area contributed by atoms with Gasteiger partial charge in [-0.25, -0.2) is 0 Å². The van der Waals surface area contributed by atoms with E-state index in [0.29, 0.717) is 49.4 Å². The SMILES string of the molecule is C.C.C.C.C.C.C.CC(C)c1cccc(N)c1.CCCCl.CCCN(CCC)c1ccc(N)c(C(C)C)c1.CCCN(CCC)c1ccc(N=Nc2cc(Cl)ccc2Cl)c(C(C)C)c1.CCCN(CCC)c1cccc(C(C)C)c1.N#[N+]c1cc(Cl)ccc1Cl.O=S(=O)(O)c1cccc2c(S(=O)(=O)O)cccc12.O=S(=O)(O)c1cccc2c(S(=O)(=O)O)cccc12.[I-].[Na+]. The molecule has 0 aliphatic carbocycles. The molecule has 8 N–H and O–H groups in total. The molecule has 0 unspecified atom stereocenters. The molecule has 10 aromatic carbocycles. The Morgan fingerprint density at radius 3 is 0.977 bits per heavy atom. The van der Waals surface area contributed by atoms with Gasteiger partial charge < -0.3 is 50.1 Å². The topological polar surface area (TPSA) is 332 Å². The minimum absolute atomic E-state index is 0. The summed E-state index contributed by atoms with van der Waals surface area (Å²) in [5.41, 5.74) is 24.3. The molecule has 0 heterocycles. The molecule has 0 aliphatic heterocycles. The van der Waals surface area contributed by atoms with Crippen molar-refractivity contribution in [2.24, 2.45) is 10.2 Å². The van der Waals surface area contributed by atoms with Gasteiger partial charge in [-0.3, -0.25) is 18.2 Å². The Hall–Kier alpha value is -6.44. The second kappa shape index (κ2) is 67.7. The maximum Gasteiger partial charge on any atom is 1.00 e. The third-order valence-corrected chi connectivity index (χ3v) is 22.8. The molecule has 128 heavy (non-hydrogen) atoms. The van der Waals surface area contributed by atoms with Crippen molar-refractivity contribution in [3.05, 3.63) is 241 Å². The van der Waals surface area contributed by atoms with Gasteiger partial charge in [-0.1, -0.05) is 275 Å². The van der Waals surface area contributed by atoms with E-state index in [4.69, 9.17) is 93.1 Å². The van der Waals surface area contributed by atoms with Crippen molar-refractivity contribution in [3.8, 4) is 0 Å². The first-order valence-electron chi connectivity index (χ1n) is 39.4. The molecule has 712 valence electrons. The van der Waals surface area contributed by atoms with Crippen LogP contribution in [-0.2, 0) is 40.5 Å². The van der Waals surface area contributed by atoms with Crippen LogP contribution in [0.4, 0.5) is 45.5 Å². The van der Waals surface area contributed by atoms with Crippen molar-refractivity contribution in [1.82, 2.24) is 0 Å². The normalized spacial score (nSPS) is 10.5. The molecule has 21 nitrogen and oxygen atoms in total. The number of nitrogen functional groups attached to an aromatic ring is 2. The maximum atomic E-state index is 11.2. The average molecular weight is 2070 g/mol. The third-order valence-electron chi connectivity index (χ3n) is 17.7. The molecule has 0 saturated carbocycles. The first kappa shape index (κ1) is 135. The maximum absolute atomic E-state index is 11.2. The molecule has 0 aliphatic rings. The van der Waals surface area contributed by atoms with Crippen LogP contribution in [-0.4, -0.2) is 97.0 Å². The molecule has 0 spiro atoms. The number of halogens is 6. The molecule has 10 aromatic rings. The summed E-state index contributed by atoms with van der Waals surface area (Å²) in [6, 6.07) is 54.8. The third kappa shape index (κ3) is 45.8. The molecule has 10 rings (SSSR count). The summed E-state index contributed by atoms with van der Waals surface area (Å²) >= 11 is 28.5. The van der Waals surface area contributed by atoms with Gasteiger partial charge in [-0.15, -0.1) is 16.7 Å². The number of rotatable bonds is 26. The number of anilines is 5. The van der Waals surface area contributed by atoms with Crippen molar-refractivity contribution in [2.45, 2.75) is 244 Å². The molecule has 0 aromatic heterocycles. The summed E-state index contributed by atoms with van der Waals surface area (Å²) in [6.45, 7) is 39.7. The van der Waals surface area contributed by atoms with Crippen LogP contribution in [0.1, 0.15) is 247 Å². The van der Waals surface area contributed by atoms with E-state index in [1.165, 1.54) is 120 Å². The monoisotopic (exact) mass is 2070 g/mol. The van der Waals surface area contributed by atoms with Crippen molar-refractivity contribution in [1.29, 1.82) is 5.39 Å². The fourth-order valence-electron chi connectivity index (χ4n) is 11.9. The van der Waals surface area contributed by atoms with Crippen molar-refractivity contribution >= 4 is 166 Å².